The molecule has 0 aliphatic heterocycles. The van der Waals surface area contributed by atoms with Gasteiger partial charge in [0, 0.05) is 11.6 Å². The smallest absolute Gasteiger partial charge is 0.127 e. The predicted molar refractivity (Wildman–Crippen MR) is 76.7 cm³/mol. The zero-order valence-electron chi connectivity index (χ0n) is 12.5. The second-order valence-electron chi connectivity index (χ2n) is 5.00. The van der Waals surface area contributed by atoms with E-state index in [-0.39, 0.29) is 12.1 Å². The Labute approximate surface area is 115 Å². The third-order valence-electron chi connectivity index (χ3n) is 3.32. The minimum absolute atomic E-state index is 0.190. The molecule has 4 nitrogen and oxygen atoms in total. The summed E-state index contributed by atoms with van der Waals surface area (Å²) in [7, 11) is 3.25. The van der Waals surface area contributed by atoms with E-state index in [2.05, 4.69) is 20.8 Å². The molecule has 1 rings (SSSR count). The number of rotatable bonds is 7. The van der Waals surface area contributed by atoms with Gasteiger partial charge in [0.1, 0.15) is 11.5 Å². The third-order valence-corrected chi connectivity index (χ3v) is 3.32. The first kappa shape index (κ1) is 15.8. The zero-order valence-corrected chi connectivity index (χ0v) is 12.5. The van der Waals surface area contributed by atoms with Gasteiger partial charge in [-0.2, -0.15) is 0 Å². The van der Waals surface area contributed by atoms with Crippen molar-refractivity contribution in [2.75, 3.05) is 20.8 Å². The first-order valence-corrected chi connectivity index (χ1v) is 6.58. The number of ether oxygens (including phenoxy) is 3. The van der Waals surface area contributed by atoms with Crippen LogP contribution >= 0.6 is 0 Å². The van der Waals surface area contributed by atoms with Crippen LogP contribution in [0.2, 0.25) is 0 Å². The molecule has 1 aromatic carbocycles. The van der Waals surface area contributed by atoms with Crippen molar-refractivity contribution in [3.05, 3.63) is 23.8 Å². The van der Waals surface area contributed by atoms with Crippen molar-refractivity contribution in [3.8, 4) is 11.5 Å². The highest BCUT2D eigenvalue weighted by Gasteiger charge is 2.15. The maximum Gasteiger partial charge on any atom is 0.127 e. The zero-order chi connectivity index (χ0) is 14.4. The molecule has 2 N–H and O–H groups in total. The first-order valence-electron chi connectivity index (χ1n) is 6.58. The summed E-state index contributed by atoms with van der Waals surface area (Å²) in [5, 5.41) is 0. The van der Waals surface area contributed by atoms with Crippen LogP contribution < -0.4 is 15.2 Å². The molecule has 19 heavy (non-hydrogen) atoms. The summed E-state index contributed by atoms with van der Waals surface area (Å²) in [4.78, 5) is 0. The van der Waals surface area contributed by atoms with Crippen LogP contribution in [0.25, 0.3) is 0 Å². The highest BCUT2D eigenvalue weighted by Crippen LogP contribution is 2.28. The molecule has 4 heteroatoms. The lowest BCUT2D eigenvalue weighted by molar-refractivity contribution is 0.0269. The Morgan fingerprint density at radius 1 is 1.11 bits per heavy atom. The lowest BCUT2D eigenvalue weighted by atomic mass is 10.1. The van der Waals surface area contributed by atoms with Crippen molar-refractivity contribution in [1.29, 1.82) is 0 Å². The highest BCUT2D eigenvalue weighted by molar-refractivity contribution is 5.42. The maximum atomic E-state index is 6.17. The molecule has 0 fully saturated rings. The lowest BCUT2D eigenvalue weighted by Crippen LogP contribution is -2.24. The molecule has 0 aliphatic carbocycles. The van der Waals surface area contributed by atoms with E-state index in [1.165, 1.54) is 0 Å². The molecule has 0 saturated heterocycles. The van der Waals surface area contributed by atoms with Crippen LogP contribution in [0.15, 0.2) is 18.2 Å². The SMILES string of the molecule is COc1ccc(C(N)COC(C)C(C)C)c(OC)c1. The largest absolute Gasteiger partial charge is 0.497 e. The van der Waals surface area contributed by atoms with Crippen LogP contribution in [-0.2, 0) is 4.74 Å². The standard InChI is InChI=1S/C15H25NO3/c1-10(2)11(3)19-9-14(16)13-7-6-12(17-4)8-15(13)18-5/h6-8,10-11,14H,9,16H2,1-5H3. The van der Waals surface area contributed by atoms with Crippen LogP contribution in [0, 0.1) is 5.92 Å². The van der Waals surface area contributed by atoms with E-state index in [1.807, 2.05) is 18.2 Å². The van der Waals surface area contributed by atoms with Crippen LogP contribution in [0.1, 0.15) is 32.4 Å². The van der Waals surface area contributed by atoms with E-state index in [4.69, 9.17) is 19.9 Å². The molecular weight excluding hydrogens is 242 g/mol. The topological polar surface area (TPSA) is 53.7 Å². The lowest BCUT2D eigenvalue weighted by Gasteiger charge is -2.21. The summed E-state index contributed by atoms with van der Waals surface area (Å²) in [5.41, 5.74) is 7.10. The Hall–Kier alpha value is -1.26. The minimum Gasteiger partial charge on any atom is -0.497 e. The highest BCUT2D eigenvalue weighted by atomic mass is 16.5. The molecule has 2 unspecified atom stereocenters. The molecule has 0 radical (unpaired) electrons. The van der Waals surface area contributed by atoms with Crippen molar-refractivity contribution in [3.63, 3.8) is 0 Å². The Morgan fingerprint density at radius 2 is 1.79 bits per heavy atom. The fraction of sp³-hybridized carbons (Fsp3) is 0.600. The van der Waals surface area contributed by atoms with E-state index in [9.17, 15) is 0 Å². The Bertz CT molecular complexity index is 393. The summed E-state index contributed by atoms with van der Waals surface area (Å²) < 4.78 is 16.3. The van der Waals surface area contributed by atoms with Crippen molar-refractivity contribution in [2.24, 2.45) is 11.7 Å². The molecule has 2 atom stereocenters. The molecular formula is C15H25NO3. The van der Waals surface area contributed by atoms with Crippen molar-refractivity contribution in [1.82, 2.24) is 0 Å². The summed E-state index contributed by atoms with van der Waals surface area (Å²) in [6.45, 7) is 6.79. The molecule has 108 valence electrons. The quantitative estimate of drug-likeness (QED) is 0.825. The number of nitrogens with two attached hydrogens (primary N) is 1. The molecule has 0 bridgehead atoms. The van der Waals surface area contributed by atoms with Gasteiger partial charge in [-0.1, -0.05) is 13.8 Å². The van der Waals surface area contributed by atoms with Crippen LogP contribution in [-0.4, -0.2) is 26.9 Å². The second kappa shape index (κ2) is 7.36. The van der Waals surface area contributed by atoms with Gasteiger partial charge >= 0.3 is 0 Å². The summed E-state index contributed by atoms with van der Waals surface area (Å²) in [5.74, 6) is 1.96. The fourth-order valence-electron chi connectivity index (χ4n) is 1.66. The van der Waals surface area contributed by atoms with Gasteiger partial charge in [0.05, 0.1) is 33.0 Å². The van der Waals surface area contributed by atoms with E-state index >= 15 is 0 Å². The van der Waals surface area contributed by atoms with E-state index in [0.717, 1.165) is 17.1 Å². The Morgan fingerprint density at radius 3 is 2.32 bits per heavy atom. The molecule has 1 aromatic rings. The van der Waals surface area contributed by atoms with Gasteiger partial charge in [-0.25, -0.2) is 0 Å². The summed E-state index contributed by atoms with van der Waals surface area (Å²) in [6, 6.07) is 5.43. The molecule has 0 aromatic heterocycles. The monoisotopic (exact) mass is 267 g/mol. The van der Waals surface area contributed by atoms with E-state index < -0.39 is 0 Å². The average Bonchev–Trinajstić information content (AvgIpc) is 2.43. The normalized spacial score (nSPS) is 14.3. The van der Waals surface area contributed by atoms with Crippen molar-refractivity contribution >= 4 is 0 Å². The third kappa shape index (κ3) is 4.40. The summed E-state index contributed by atoms with van der Waals surface area (Å²) >= 11 is 0. The minimum atomic E-state index is -0.206. The molecule has 0 heterocycles. The molecule has 0 aliphatic rings. The van der Waals surface area contributed by atoms with Gasteiger partial charge in [-0.05, 0) is 25.0 Å². The molecule has 0 spiro atoms. The van der Waals surface area contributed by atoms with E-state index in [0.29, 0.717) is 12.5 Å². The Balaban J connectivity index is 2.73. The van der Waals surface area contributed by atoms with E-state index in [1.54, 1.807) is 14.2 Å². The number of hydrogen-bond acceptors (Lipinski definition) is 4. The van der Waals surface area contributed by atoms with Gasteiger partial charge in [0.2, 0.25) is 0 Å². The van der Waals surface area contributed by atoms with Gasteiger partial charge in [-0.3, -0.25) is 0 Å². The average molecular weight is 267 g/mol. The number of benzene rings is 1. The first-order chi connectivity index (χ1) is 8.99. The number of hydrogen-bond donors (Lipinski definition) is 1. The van der Waals surface area contributed by atoms with Crippen LogP contribution in [0.5, 0.6) is 11.5 Å². The predicted octanol–water partition coefficient (Wildman–Crippen LogP) is 2.76. The van der Waals surface area contributed by atoms with Crippen molar-refractivity contribution < 1.29 is 14.2 Å². The van der Waals surface area contributed by atoms with Gasteiger partial charge in [0.25, 0.3) is 0 Å². The molecule has 0 amide bonds. The fourth-order valence-corrected chi connectivity index (χ4v) is 1.66. The van der Waals surface area contributed by atoms with Gasteiger partial charge < -0.3 is 19.9 Å². The molecule has 0 saturated carbocycles. The second-order valence-corrected chi connectivity index (χ2v) is 5.00. The van der Waals surface area contributed by atoms with Gasteiger partial charge in [0.15, 0.2) is 0 Å². The van der Waals surface area contributed by atoms with Crippen LogP contribution in [0.3, 0.4) is 0 Å². The van der Waals surface area contributed by atoms with Crippen molar-refractivity contribution in [2.45, 2.75) is 32.9 Å². The van der Waals surface area contributed by atoms with Gasteiger partial charge in [-0.15, -0.1) is 0 Å². The Kier molecular flexibility index (Phi) is 6.12. The number of methoxy groups -OCH3 is 2. The summed E-state index contributed by atoms with van der Waals surface area (Å²) in [6.07, 6.45) is 0.190. The van der Waals surface area contributed by atoms with Crippen LogP contribution in [0.4, 0.5) is 0 Å². The maximum absolute atomic E-state index is 6.17.